The summed E-state index contributed by atoms with van der Waals surface area (Å²) in [4.78, 5) is 16.0. The number of carbonyl (C=O) groups excluding carboxylic acids is 1. The van der Waals surface area contributed by atoms with Crippen molar-refractivity contribution in [2.45, 2.75) is 34.1 Å². The highest BCUT2D eigenvalue weighted by Gasteiger charge is 2.27. The standard InChI is InChI=1S/C12H24N2O/c1-5-13(6-2)12(15)14-8-10(3)7-11(4)9-14/h10-11H,5-9H2,1-4H3/t10-,11+. The van der Waals surface area contributed by atoms with Crippen molar-refractivity contribution in [3.05, 3.63) is 0 Å². The van der Waals surface area contributed by atoms with Gasteiger partial charge < -0.3 is 9.80 Å². The molecule has 3 nitrogen and oxygen atoms in total. The predicted molar refractivity (Wildman–Crippen MR) is 62.8 cm³/mol. The molecule has 0 aromatic carbocycles. The minimum Gasteiger partial charge on any atom is -0.325 e. The fourth-order valence-corrected chi connectivity index (χ4v) is 2.51. The maximum absolute atomic E-state index is 12.1. The molecule has 2 atom stereocenters. The lowest BCUT2D eigenvalue weighted by Gasteiger charge is -2.37. The summed E-state index contributed by atoms with van der Waals surface area (Å²) in [6, 6.07) is 0.221. The molecule has 0 bridgehead atoms. The summed E-state index contributed by atoms with van der Waals surface area (Å²) in [7, 11) is 0. The van der Waals surface area contributed by atoms with Crippen molar-refractivity contribution in [2.75, 3.05) is 26.2 Å². The molecule has 0 unspecified atom stereocenters. The van der Waals surface area contributed by atoms with Crippen molar-refractivity contribution in [2.24, 2.45) is 11.8 Å². The molecule has 0 aromatic rings. The van der Waals surface area contributed by atoms with Gasteiger partial charge in [0.05, 0.1) is 0 Å². The molecule has 0 radical (unpaired) electrons. The van der Waals surface area contributed by atoms with Crippen molar-refractivity contribution in [3.8, 4) is 0 Å². The highest BCUT2D eigenvalue weighted by atomic mass is 16.2. The second-order valence-corrected chi connectivity index (χ2v) is 4.81. The molecule has 2 amide bonds. The highest BCUT2D eigenvalue weighted by Crippen LogP contribution is 2.21. The second kappa shape index (κ2) is 5.38. The third-order valence-corrected chi connectivity index (χ3v) is 3.17. The summed E-state index contributed by atoms with van der Waals surface area (Å²) in [5, 5.41) is 0. The molecule has 1 heterocycles. The van der Waals surface area contributed by atoms with Gasteiger partial charge in [0.1, 0.15) is 0 Å². The summed E-state index contributed by atoms with van der Waals surface area (Å²) >= 11 is 0. The maximum atomic E-state index is 12.1. The molecule has 0 spiro atoms. The fourth-order valence-electron chi connectivity index (χ4n) is 2.51. The van der Waals surface area contributed by atoms with Gasteiger partial charge in [0.2, 0.25) is 0 Å². The van der Waals surface area contributed by atoms with E-state index in [0.717, 1.165) is 26.2 Å². The molecular formula is C12H24N2O. The van der Waals surface area contributed by atoms with Gasteiger partial charge in [-0.3, -0.25) is 0 Å². The van der Waals surface area contributed by atoms with E-state index in [1.807, 2.05) is 23.6 Å². The van der Waals surface area contributed by atoms with Gasteiger partial charge in [-0.05, 0) is 32.1 Å². The van der Waals surface area contributed by atoms with Gasteiger partial charge in [-0.25, -0.2) is 4.79 Å². The molecule has 1 saturated heterocycles. The average molecular weight is 212 g/mol. The van der Waals surface area contributed by atoms with E-state index in [2.05, 4.69) is 13.8 Å². The smallest absolute Gasteiger partial charge is 0.319 e. The molecular weight excluding hydrogens is 188 g/mol. The van der Waals surface area contributed by atoms with E-state index in [9.17, 15) is 4.79 Å². The first kappa shape index (κ1) is 12.3. The fraction of sp³-hybridized carbons (Fsp3) is 0.917. The van der Waals surface area contributed by atoms with E-state index in [0.29, 0.717) is 11.8 Å². The Morgan fingerprint density at radius 3 is 2.07 bits per heavy atom. The molecule has 88 valence electrons. The molecule has 1 rings (SSSR count). The molecule has 15 heavy (non-hydrogen) atoms. The van der Waals surface area contributed by atoms with Crippen molar-refractivity contribution in [1.82, 2.24) is 9.80 Å². The molecule has 0 saturated carbocycles. The SMILES string of the molecule is CCN(CC)C(=O)N1C[C@H](C)C[C@H](C)C1. The largest absolute Gasteiger partial charge is 0.325 e. The van der Waals surface area contributed by atoms with Gasteiger partial charge in [-0.2, -0.15) is 0 Å². The molecule has 3 heteroatoms. The topological polar surface area (TPSA) is 23.6 Å². The number of piperidine rings is 1. The average Bonchev–Trinajstić information content (AvgIpc) is 2.18. The first-order chi connectivity index (χ1) is 7.08. The Hall–Kier alpha value is -0.730. The zero-order valence-electron chi connectivity index (χ0n) is 10.5. The van der Waals surface area contributed by atoms with Crippen LogP contribution in [0.1, 0.15) is 34.1 Å². The van der Waals surface area contributed by atoms with E-state index in [1.165, 1.54) is 6.42 Å². The molecule has 0 N–H and O–H groups in total. The van der Waals surface area contributed by atoms with E-state index < -0.39 is 0 Å². The van der Waals surface area contributed by atoms with Crippen LogP contribution in [0, 0.1) is 11.8 Å². The van der Waals surface area contributed by atoms with Gasteiger partial charge in [0, 0.05) is 26.2 Å². The maximum Gasteiger partial charge on any atom is 0.319 e. The quantitative estimate of drug-likeness (QED) is 0.689. The highest BCUT2D eigenvalue weighted by molar-refractivity contribution is 5.74. The van der Waals surface area contributed by atoms with Crippen LogP contribution in [0.3, 0.4) is 0 Å². The first-order valence-electron chi connectivity index (χ1n) is 6.12. The normalized spacial score (nSPS) is 26.5. The lowest BCUT2D eigenvalue weighted by Crippen LogP contribution is -2.49. The lowest BCUT2D eigenvalue weighted by atomic mass is 9.92. The molecule has 0 aromatic heterocycles. The van der Waals surface area contributed by atoms with Crippen molar-refractivity contribution >= 4 is 6.03 Å². The Balaban J connectivity index is 2.58. The van der Waals surface area contributed by atoms with Crippen LogP contribution >= 0.6 is 0 Å². The summed E-state index contributed by atoms with van der Waals surface area (Å²) in [6.45, 7) is 12.0. The van der Waals surface area contributed by atoms with Gasteiger partial charge >= 0.3 is 6.03 Å². The molecule has 0 aliphatic carbocycles. The van der Waals surface area contributed by atoms with Gasteiger partial charge in [0.25, 0.3) is 0 Å². The zero-order chi connectivity index (χ0) is 11.4. The number of hydrogen-bond donors (Lipinski definition) is 0. The van der Waals surface area contributed by atoms with Crippen molar-refractivity contribution in [3.63, 3.8) is 0 Å². The van der Waals surface area contributed by atoms with Crippen LogP contribution in [0.15, 0.2) is 0 Å². The third kappa shape index (κ3) is 3.11. The Morgan fingerprint density at radius 1 is 1.20 bits per heavy atom. The first-order valence-corrected chi connectivity index (χ1v) is 6.12. The van der Waals surface area contributed by atoms with Gasteiger partial charge in [-0.15, -0.1) is 0 Å². The van der Waals surface area contributed by atoms with Crippen molar-refractivity contribution < 1.29 is 4.79 Å². The van der Waals surface area contributed by atoms with Gasteiger partial charge in [0.15, 0.2) is 0 Å². The summed E-state index contributed by atoms with van der Waals surface area (Å²) < 4.78 is 0. The second-order valence-electron chi connectivity index (χ2n) is 4.81. The molecule has 1 aliphatic rings. The van der Waals surface area contributed by atoms with Crippen LogP contribution in [-0.4, -0.2) is 42.0 Å². The Morgan fingerprint density at radius 2 is 1.67 bits per heavy atom. The number of nitrogens with zero attached hydrogens (tertiary/aromatic N) is 2. The summed E-state index contributed by atoms with van der Waals surface area (Å²) in [5.41, 5.74) is 0. The van der Waals surface area contributed by atoms with Crippen LogP contribution in [0.5, 0.6) is 0 Å². The number of likely N-dealkylation sites (tertiary alicyclic amines) is 1. The van der Waals surface area contributed by atoms with Crippen LogP contribution in [0.4, 0.5) is 4.79 Å². The van der Waals surface area contributed by atoms with Crippen LogP contribution in [0.25, 0.3) is 0 Å². The predicted octanol–water partition coefficient (Wildman–Crippen LogP) is 2.43. The van der Waals surface area contributed by atoms with Gasteiger partial charge in [-0.1, -0.05) is 13.8 Å². The molecule has 1 fully saturated rings. The Labute approximate surface area is 93.4 Å². The molecule has 1 aliphatic heterocycles. The minimum atomic E-state index is 0.221. The number of rotatable bonds is 2. The summed E-state index contributed by atoms with van der Waals surface area (Å²) in [5.74, 6) is 1.29. The zero-order valence-corrected chi connectivity index (χ0v) is 10.5. The van der Waals surface area contributed by atoms with E-state index in [-0.39, 0.29) is 6.03 Å². The van der Waals surface area contributed by atoms with E-state index in [4.69, 9.17) is 0 Å². The number of hydrogen-bond acceptors (Lipinski definition) is 1. The number of carbonyl (C=O) groups is 1. The van der Waals surface area contributed by atoms with E-state index >= 15 is 0 Å². The minimum absolute atomic E-state index is 0.221. The van der Waals surface area contributed by atoms with Crippen LogP contribution in [0.2, 0.25) is 0 Å². The van der Waals surface area contributed by atoms with E-state index in [1.54, 1.807) is 0 Å². The van der Waals surface area contributed by atoms with Crippen LogP contribution in [-0.2, 0) is 0 Å². The number of urea groups is 1. The summed E-state index contributed by atoms with van der Waals surface area (Å²) in [6.07, 6.45) is 1.25. The van der Waals surface area contributed by atoms with Crippen molar-refractivity contribution in [1.29, 1.82) is 0 Å². The lowest BCUT2D eigenvalue weighted by molar-refractivity contribution is 0.117. The van der Waals surface area contributed by atoms with Crippen LogP contribution < -0.4 is 0 Å². The monoisotopic (exact) mass is 212 g/mol. The Bertz CT molecular complexity index is 204. The third-order valence-electron chi connectivity index (χ3n) is 3.17. The Kier molecular flexibility index (Phi) is 4.43. The number of amides is 2.